The second-order valence-corrected chi connectivity index (χ2v) is 9.57. The van der Waals surface area contributed by atoms with Crippen LogP contribution in [0.3, 0.4) is 0 Å². The monoisotopic (exact) mass is 497 g/mol. The summed E-state index contributed by atoms with van der Waals surface area (Å²) in [5, 5.41) is 7.03. The number of sulfonamides is 1. The van der Waals surface area contributed by atoms with Gasteiger partial charge in [0, 0.05) is 54.8 Å². The topological polar surface area (TPSA) is 118 Å². The smallest absolute Gasteiger partial charge is 0.259 e. The van der Waals surface area contributed by atoms with Crippen molar-refractivity contribution in [2.24, 2.45) is 11.1 Å². The summed E-state index contributed by atoms with van der Waals surface area (Å²) in [5.74, 6) is -6.69. The van der Waals surface area contributed by atoms with Crippen LogP contribution in [0.1, 0.15) is 23.7 Å². The van der Waals surface area contributed by atoms with Gasteiger partial charge in [-0.3, -0.25) is 4.79 Å². The highest BCUT2D eigenvalue weighted by atomic mass is 32.2. The number of nitrogens with one attached hydrogen (secondary N) is 1. The number of piperidine rings is 1. The number of hydrogen-bond donors (Lipinski definition) is 2. The Morgan fingerprint density at radius 2 is 1.97 bits per heavy atom. The number of rotatable bonds is 4. The first-order valence-electron chi connectivity index (χ1n) is 10.1. The fourth-order valence-corrected chi connectivity index (χ4v) is 4.23. The first kappa shape index (κ1) is 23.8. The molecular formula is C21H19F4N5O3S. The van der Waals surface area contributed by atoms with Crippen molar-refractivity contribution in [2.45, 2.75) is 24.3 Å². The number of primary sulfonamides is 1. The van der Waals surface area contributed by atoms with Gasteiger partial charge in [-0.25, -0.2) is 41.1 Å². The van der Waals surface area contributed by atoms with Crippen LogP contribution >= 0.6 is 0 Å². The van der Waals surface area contributed by atoms with Gasteiger partial charge in [0.15, 0.2) is 10.8 Å². The zero-order chi connectivity index (χ0) is 24.8. The Bertz CT molecular complexity index is 1400. The first-order valence-corrected chi connectivity index (χ1v) is 11.6. The highest BCUT2D eigenvalue weighted by Crippen LogP contribution is 2.36. The van der Waals surface area contributed by atoms with E-state index in [2.05, 4.69) is 15.3 Å². The van der Waals surface area contributed by atoms with Crippen molar-refractivity contribution in [1.29, 1.82) is 0 Å². The number of carbonyl (C=O) groups is 1. The summed E-state index contributed by atoms with van der Waals surface area (Å²) in [4.78, 5) is 22.4. The van der Waals surface area contributed by atoms with Crippen LogP contribution in [0.5, 0.6) is 0 Å². The van der Waals surface area contributed by atoms with Gasteiger partial charge < -0.3 is 10.2 Å². The third-order valence-corrected chi connectivity index (χ3v) is 6.38. The van der Waals surface area contributed by atoms with Crippen LogP contribution in [0, 0.1) is 17.6 Å². The Balaban J connectivity index is 1.79. The number of anilines is 2. The maximum Gasteiger partial charge on any atom is 0.259 e. The maximum absolute atomic E-state index is 14.4. The van der Waals surface area contributed by atoms with Crippen molar-refractivity contribution in [3.63, 3.8) is 0 Å². The van der Waals surface area contributed by atoms with E-state index in [1.807, 2.05) is 0 Å². The summed E-state index contributed by atoms with van der Waals surface area (Å²) in [6, 6.07) is 5.17. The van der Waals surface area contributed by atoms with Crippen LogP contribution in [0.15, 0.2) is 41.6 Å². The molecule has 1 unspecified atom stereocenters. The van der Waals surface area contributed by atoms with Crippen LogP contribution in [0.2, 0.25) is 0 Å². The molecule has 3 N–H and O–H groups in total. The first-order chi connectivity index (χ1) is 15.8. The Morgan fingerprint density at radius 1 is 1.24 bits per heavy atom. The highest BCUT2D eigenvalue weighted by molar-refractivity contribution is 7.89. The minimum Gasteiger partial charge on any atom is -0.355 e. The molecule has 0 aliphatic carbocycles. The number of benzene rings is 1. The number of nitrogens with two attached hydrogens (primary N) is 1. The van der Waals surface area contributed by atoms with Gasteiger partial charge in [0.1, 0.15) is 17.2 Å². The molecule has 180 valence electrons. The number of aromatic nitrogens is 2. The number of alkyl halides is 2. The van der Waals surface area contributed by atoms with Gasteiger partial charge in [-0.2, -0.15) is 0 Å². The number of nitrogens with zero attached hydrogens (tertiary/aromatic N) is 3. The van der Waals surface area contributed by atoms with Crippen molar-refractivity contribution in [3.05, 3.63) is 53.7 Å². The van der Waals surface area contributed by atoms with E-state index in [1.165, 1.54) is 24.0 Å². The van der Waals surface area contributed by atoms with Crippen molar-refractivity contribution >= 4 is 38.3 Å². The average molecular weight is 497 g/mol. The zero-order valence-electron chi connectivity index (χ0n) is 17.7. The number of halogens is 4. The van der Waals surface area contributed by atoms with Gasteiger partial charge >= 0.3 is 0 Å². The molecule has 0 bridgehead atoms. The lowest BCUT2D eigenvalue weighted by Crippen LogP contribution is -2.46. The van der Waals surface area contributed by atoms with E-state index in [4.69, 9.17) is 5.14 Å². The van der Waals surface area contributed by atoms with Gasteiger partial charge in [0.05, 0.1) is 5.56 Å². The molecule has 1 aliphatic heterocycles. The number of pyridine rings is 2. The van der Waals surface area contributed by atoms with E-state index in [9.17, 15) is 30.8 Å². The molecule has 1 atom stereocenters. The molecule has 4 rings (SSSR count). The second kappa shape index (κ2) is 8.47. The molecular weight excluding hydrogens is 478 g/mol. The molecule has 13 heteroatoms. The maximum atomic E-state index is 14.4. The van der Waals surface area contributed by atoms with E-state index in [0.717, 1.165) is 18.3 Å². The molecule has 1 aliphatic rings. The van der Waals surface area contributed by atoms with Crippen molar-refractivity contribution in [3.8, 4) is 0 Å². The third kappa shape index (κ3) is 4.66. The summed E-state index contributed by atoms with van der Waals surface area (Å²) in [5.41, 5.74) is -0.332. The lowest BCUT2D eigenvalue weighted by atomic mass is 9.95. The van der Waals surface area contributed by atoms with Crippen LogP contribution in [0.4, 0.5) is 29.1 Å². The molecule has 0 radical (unpaired) electrons. The standard InChI is InChI=1S/C21H19F4N5O3S/c1-11-10-30(5-3-21(11,24)25)19-15(7-12-6-13(22)8-16(23)18(12)29-19)20(31)28-14-2-4-27-17(9-14)34(26,32)33/h2,4,6-9,11H,3,5,10H2,1H3,(H2,26,32,33)(H,27,28,31). The van der Waals surface area contributed by atoms with Gasteiger partial charge in [-0.15, -0.1) is 0 Å². The molecule has 2 aromatic heterocycles. The van der Waals surface area contributed by atoms with Crippen molar-refractivity contribution < 1.29 is 30.8 Å². The van der Waals surface area contributed by atoms with Gasteiger partial charge in [-0.05, 0) is 18.2 Å². The normalized spacial score (nSPS) is 18.2. The van der Waals surface area contributed by atoms with Crippen molar-refractivity contribution in [1.82, 2.24) is 9.97 Å². The van der Waals surface area contributed by atoms with Crippen LogP contribution in [-0.2, 0) is 10.0 Å². The summed E-state index contributed by atoms with van der Waals surface area (Å²) < 4.78 is 79.4. The molecule has 1 amide bonds. The fraction of sp³-hybridized carbons (Fsp3) is 0.286. The Labute approximate surface area is 191 Å². The molecule has 1 aromatic carbocycles. The molecule has 3 aromatic rings. The lowest BCUT2D eigenvalue weighted by Gasteiger charge is -2.38. The number of amides is 1. The highest BCUT2D eigenvalue weighted by Gasteiger charge is 2.42. The second-order valence-electron chi connectivity index (χ2n) is 8.06. The lowest BCUT2D eigenvalue weighted by molar-refractivity contribution is -0.0652. The number of hydrogen-bond acceptors (Lipinski definition) is 6. The fourth-order valence-electron chi connectivity index (χ4n) is 3.73. The molecule has 1 fully saturated rings. The van der Waals surface area contributed by atoms with E-state index < -0.39 is 50.9 Å². The zero-order valence-corrected chi connectivity index (χ0v) is 18.5. The molecule has 3 heterocycles. The van der Waals surface area contributed by atoms with E-state index in [-0.39, 0.29) is 41.1 Å². The predicted molar refractivity (Wildman–Crippen MR) is 116 cm³/mol. The molecule has 8 nitrogen and oxygen atoms in total. The summed E-state index contributed by atoms with van der Waals surface area (Å²) in [6.45, 7) is 1.05. The minimum atomic E-state index is -4.14. The van der Waals surface area contributed by atoms with E-state index >= 15 is 0 Å². The average Bonchev–Trinajstić information content (AvgIpc) is 2.74. The Kier molecular flexibility index (Phi) is 5.94. The van der Waals surface area contributed by atoms with E-state index in [0.29, 0.717) is 6.07 Å². The molecule has 34 heavy (non-hydrogen) atoms. The largest absolute Gasteiger partial charge is 0.355 e. The van der Waals surface area contributed by atoms with Crippen LogP contribution in [-0.4, -0.2) is 43.3 Å². The molecule has 0 saturated carbocycles. The van der Waals surface area contributed by atoms with Gasteiger partial charge in [-0.1, -0.05) is 6.92 Å². The van der Waals surface area contributed by atoms with Crippen molar-refractivity contribution in [2.75, 3.05) is 23.3 Å². The molecule has 1 saturated heterocycles. The number of carbonyl (C=O) groups excluding carboxylic acids is 1. The third-order valence-electron chi connectivity index (χ3n) is 5.57. The van der Waals surface area contributed by atoms with Gasteiger partial charge in [0.2, 0.25) is 0 Å². The van der Waals surface area contributed by atoms with E-state index in [1.54, 1.807) is 0 Å². The SMILES string of the molecule is CC1CN(c2nc3c(F)cc(F)cc3cc2C(=O)Nc2ccnc(S(N)(=O)=O)c2)CCC1(F)F. The minimum absolute atomic E-state index is 0.0123. The summed E-state index contributed by atoms with van der Waals surface area (Å²) >= 11 is 0. The predicted octanol–water partition coefficient (Wildman–Crippen LogP) is 3.29. The Morgan fingerprint density at radius 3 is 2.65 bits per heavy atom. The quantitative estimate of drug-likeness (QED) is 0.534. The van der Waals surface area contributed by atoms with Crippen LogP contribution in [0.25, 0.3) is 10.9 Å². The molecule has 0 spiro atoms. The number of fused-ring (bicyclic) bond motifs is 1. The van der Waals surface area contributed by atoms with Crippen LogP contribution < -0.4 is 15.4 Å². The summed E-state index contributed by atoms with van der Waals surface area (Å²) in [7, 11) is -4.14. The Hall–Kier alpha value is -3.32. The summed E-state index contributed by atoms with van der Waals surface area (Å²) in [6.07, 6.45) is 0.622. The van der Waals surface area contributed by atoms with Gasteiger partial charge in [0.25, 0.3) is 21.9 Å².